The molecule has 1 saturated heterocycles. The number of methoxy groups -OCH3 is 1. The zero-order valence-electron chi connectivity index (χ0n) is 13.0. The summed E-state index contributed by atoms with van der Waals surface area (Å²) < 4.78 is 5.29. The first-order valence-corrected chi connectivity index (χ1v) is 7.07. The second-order valence-corrected chi connectivity index (χ2v) is 6.32. The number of amides is 2. The van der Waals surface area contributed by atoms with E-state index in [0.717, 1.165) is 5.69 Å². The molecule has 1 aromatic carbocycles. The maximum absolute atomic E-state index is 12.2. The highest BCUT2D eigenvalue weighted by atomic mass is 16.5. The average Bonchev–Trinajstić information content (AvgIpc) is 2.79. The molecule has 0 spiro atoms. The molecule has 2 amide bonds. The normalized spacial score (nSPS) is 18.8. The molecule has 114 valence electrons. The van der Waals surface area contributed by atoms with Crippen molar-refractivity contribution < 1.29 is 14.3 Å². The second-order valence-electron chi connectivity index (χ2n) is 6.32. The minimum atomic E-state index is -0.318. The summed E-state index contributed by atoms with van der Waals surface area (Å²) in [5.41, 5.74) is 0.425. The Labute approximate surface area is 125 Å². The number of nitrogens with one attached hydrogen (secondary N) is 1. The van der Waals surface area contributed by atoms with Gasteiger partial charge in [-0.3, -0.25) is 9.59 Å². The summed E-state index contributed by atoms with van der Waals surface area (Å²) in [6.07, 6.45) is 0.236. The molecule has 1 N–H and O–H groups in total. The Morgan fingerprint density at radius 2 is 2.00 bits per heavy atom. The van der Waals surface area contributed by atoms with Gasteiger partial charge in [-0.2, -0.15) is 0 Å². The minimum Gasteiger partial charge on any atom is -0.495 e. The zero-order valence-corrected chi connectivity index (χ0v) is 13.0. The zero-order chi connectivity index (χ0) is 15.6. The molecule has 5 nitrogen and oxygen atoms in total. The van der Waals surface area contributed by atoms with Crippen LogP contribution in [0.15, 0.2) is 24.3 Å². The van der Waals surface area contributed by atoms with Gasteiger partial charge in [-0.1, -0.05) is 12.1 Å². The first-order valence-electron chi connectivity index (χ1n) is 7.07. The van der Waals surface area contributed by atoms with E-state index in [9.17, 15) is 9.59 Å². The monoisotopic (exact) mass is 290 g/mol. The SMILES string of the molecule is COc1ccccc1N1C[C@@H](C(=O)NC(C)(C)C)CC1=O. The second kappa shape index (κ2) is 5.76. The lowest BCUT2D eigenvalue weighted by atomic mass is 10.0. The standard InChI is InChI=1S/C16H22N2O3/c1-16(2,3)17-15(20)11-9-14(19)18(10-11)12-7-5-6-8-13(12)21-4/h5-8,11H,9-10H2,1-4H3,(H,17,20)/t11-/m0/s1. The highest BCUT2D eigenvalue weighted by Gasteiger charge is 2.37. The predicted molar refractivity (Wildman–Crippen MR) is 81.3 cm³/mol. The highest BCUT2D eigenvalue weighted by molar-refractivity contribution is 6.01. The Morgan fingerprint density at radius 1 is 1.33 bits per heavy atom. The van der Waals surface area contributed by atoms with Crippen molar-refractivity contribution in [1.82, 2.24) is 5.32 Å². The van der Waals surface area contributed by atoms with Crippen molar-refractivity contribution in [2.24, 2.45) is 5.92 Å². The van der Waals surface area contributed by atoms with Crippen LogP contribution in [0, 0.1) is 5.92 Å². The molecule has 0 radical (unpaired) electrons. The van der Waals surface area contributed by atoms with Crippen molar-refractivity contribution in [3.8, 4) is 5.75 Å². The van der Waals surface area contributed by atoms with E-state index in [1.165, 1.54) is 0 Å². The van der Waals surface area contributed by atoms with Crippen molar-refractivity contribution in [2.75, 3.05) is 18.6 Å². The van der Waals surface area contributed by atoms with Gasteiger partial charge in [-0.15, -0.1) is 0 Å². The van der Waals surface area contributed by atoms with Crippen molar-refractivity contribution in [3.63, 3.8) is 0 Å². The molecule has 5 heteroatoms. The minimum absolute atomic E-state index is 0.0476. The molecule has 0 aromatic heterocycles. The van der Waals surface area contributed by atoms with Crippen LogP contribution in [0.2, 0.25) is 0 Å². The quantitative estimate of drug-likeness (QED) is 0.926. The fraction of sp³-hybridized carbons (Fsp3) is 0.500. The van der Waals surface area contributed by atoms with E-state index in [0.29, 0.717) is 12.3 Å². The van der Waals surface area contributed by atoms with Gasteiger partial charge in [0.1, 0.15) is 5.75 Å². The fourth-order valence-corrected chi connectivity index (χ4v) is 2.44. The van der Waals surface area contributed by atoms with Crippen LogP contribution >= 0.6 is 0 Å². The van der Waals surface area contributed by atoms with E-state index in [1.807, 2.05) is 45.0 Å². The van der Waals surface area contributed by atoms with Crippen LogP contribution in [0.4, 0.5) is 5.69 Å². The molecule has 1 fully saturated rings. The number of carbonyl (C=O) groups excluding carboxylic acids is 2. The summed E-state index contributed by atoms with van der Waals surface area (Å²) in [6.45, 7) is 6.18. The topological polar surface area (TPSA) is 58.6 Å². The van der Waals surface area contributed by atoms with Gasteiger partial charge in [0, 0.05) is 18.5 Å². The molecule has 0 saturated carbocycles. The van der Waals surface area contributed by atoms with Gasteiger partial charge in [-0.25, -0.2) is 0 Å². The van der Waals surface area contributed by atoms with Gasteiger partial charge in [0.15, 0.2) is 0 Å². The van der Waals surface area contributed by atoms with Crippen LogP contribution in [-0.2, 0) is 9.59 Å². The number of anilines is 1. The van der Waals surface area contributed by atoms with E-state index >= 15 is 0 Å². The predicted octanol–water partition coefficient (Wildman–Crippen LogP) is 1.96. The summed E-state index contributed by atoms with van der Waals surface area (Å²) in [7, 11) is 1.57. The van der Waals surface area contributed by atoms with Gasteiger partial charge in [0.2, 0.25) is 11.8 Å². The van der Waals surface area contributed by atoms with E-state index in [2.05, 4.69) is 5.32 Å². The van der Waals surface area contributed by atoms with Crippen LogP contribution in [0.3, 0.4) is 0 Å². The molecule has 1 aliphatic rings. The van der Waals surface area contributed by atoms with Crippen LogP contribution in [0.25, 0.3) is 0 Å². The Morgan fingerprint density at radius 3 is 2.62 bits per heavy atom. The Balaban J connectivity index is 2.15. The maximum Gasteiger partial charge on any atom is 0.227 e. The van der Waals surface area contributed by atoms with E-state index in [-0.39, 0.29) is 29.7 Å². The number of hydrogen-bond acceptors (Lipinski definition) is 3. The van der Waals surface area contributed by atoms with Crippen molar-refractivity contribution in [2.45, 2.75) is 32.7 Å². The lowest BCUT2D eigenvalue weighted by molar-refractivity contribution is -0.127. The maximum atomic E-state index is 12.2. The Bertz CT molecular complexity index is 549. The lowest BCUT2D eigenvalue weighted by Crippen LogP contribution is -2.44. The molecule has 0 unspecified atom stereocenters. The largest absolute Gasteiger partial charge is 0.495 e. The van der Waals surface area contributed by atoms with Crippen molar-refractivity contribution in [3.05, 3.63) is 24.3 Å². The molecule has 1 atom stereocenters. The van der Waals surface area contributed by atoms with Crippen LogP contribution in [0.1, 0.15) is 27.2 Å². The molecular weight excluding hydrogens is 268 g/mol. The van der Waals surface area contributed by atoms with E-state index < -0.39 is 0 Å². The van der Waals surface area contributed by atoms with Gasteiger partial charge < -0.3 is 15.0 Å². The number of para-hydroxylation sites is 2. The van der Waals surface area contributed by atoms with Crippen LogP contribution in [0.5, 0.6) is 5.75 Å². The average molecular weight is 290 g/mol. The lowest BCUT2D eigenvalue weighted by Gasteiger charge is -2.23. The molecular formula is C16H22N2O3. The summed E-state index contributed by atoms with van der Waals surface area (Å²) in [5.74, 6) is 0.200. The third-order valence-corrected chi connectivity index (χ3v) is 3.37. The highest BCUT2D eigenvalue weighted by Crippen LogP contribution is 2.32. The molecule has 21 heavy (non-hydrogen) atoms. The van der Waals surface area contributed by atoms with Gasteiger partial charge >= 0.3 is 0 Å². The number of carbonyl (C=O) groups is 2. The van der Waals surface area contributed by atoms with Crippen LogP contribution in [-0.4, -0.2) is 31.0 Å². The number of hydrogen-bond donors (Lipinski definition) is 1. The smallest absolute Gasteiger partial charge is 0.227 e. The summed E-state index contributed by atoms with van der Waals surface area (Å²) in [6, 6.07) is 7.35. The summed E-state index contributed by atoms with van der Waals surface area (Å²) >= 11 is 0. The van der Waals surface area contributed by atoms with Gasteiger partial charge in [0.25, 0.3) is 0 Å². The molecule has 0 aliphatic carbocycles. The first-order chi connectivity index (χ1) is 9.81. The number of benzene rings is 1. The van der Waals surface area contributed by atoms with Gasteiger partial charge in [0.05, 0.1) is 18.7 Å². The fourth-order valence-electron chi connectivity index (χ4n) is 2.44. The molecule has 1 aromatic rings. The van der Waals surface area contributed by atoms with Crippen molar-refractivity contribution >= 4 is 17.5 Å². The summed E-state index contributed by atoms with van der Waals surface area (Å²) in [5, 5.41) is 2.93. The summed E-state index contributed by atoms with van der Waals surface area (Å²) in [4.78, 5) is 26.1. The number of ether oxygens (including phenoxy) is 1. The third kappa shape index (κ3) is 3.54. The molecule has 1 aliphatic heterocycles. The molecule has 2 rings (SSSR count). The Kier molecular flexibility index (Phi) is 4.21. The molecule has 1 heterocycles. The van der Waals surface area contributed by atoms with Crippen molar-refractivity contribution in [1.29, 1.82) is 0 Å². The van der Waals surface area contributed by atoms with E-state index in [1.54, 1.807) is 12.0 Å². The van der Waals surface area contributed by atoms with Crippen LogP contribution < -0.4 is 15.0 Å². The number of rotatable bonds is 3. The Hall–Kier alpha value is -2.04. The third-order valence-electron chi connectivity index (χ3n) is 3.37. The van der Waals surface area contributed by atoms with Gasteiger partial charge in [-0.05, 0) is 32.9 Å². The van der Waals surface area contributed by atoms with E-state index in [4.69, 9.17) is 4.74 Å². The number of nitrogens with zero attached hydrogens (tertiary/aromatic N) is 1. The first kappa shape index (κ1) is 15.4. The molecule has 0 bridgehead atoms.